The van der Waals surface area contributed by atoms with Crippen molar-refractivity contribution in [2.75, 3.05) is 0 Å². The predicted octanol–water partition coefficient (Wildman–Crippen LogP) is 4.47. The highest BCUT2D eigenvalue weighted by molar-refractivity contribution is 5.64. The number of non-ortho nitro benzene ring substituents is 1. The van der Waals surface area contributed by atoms with E-state index in [9.17, 15) is 14.9 Å². The maximum Gasteiger partial charge on any atom is 0.514 e. The molecule has 0 aliphatic carbocycles. The lowest BCUT2D eigenvalue weighted by molar-refractivity contribution is -0.384. The molecule has 0 saturated carbocycles. The number of rotatable bonds is 8. The van der Waals surface area contributed by atoms with Gasteiger partial charge >= 0.3 is 6.16 Å². The van der Waals surface area contributed by atoms with Crippen LogP contribution in [0.5, 0.6) is 5.75 Å². The van der Waals surface area contributed by atoms with Crippen LogP contribution >= 0.6 is 0 Å². The van der Waals surface area contributed by atoms with E-state index in [1.807, 2.05) is 6.92 Å². The fourth-order valence-corrected chi connectivity index (χ4v) is 1.86. The molecule has 0 aliphatic rings. The zero-order valence-corrected chi connectivity index (χ0v) is 12.4. The molecular formula is C15H21NO5. The first-order chi connectivity index (χ1) is 10.1. The van der Waals surface area contributed by atoms with E-state index in [1.165, 1.54) is 24.3 Å². The molecule has 1 aromatic carbocycles. The molecule has 6 nitrogen and oxygen atoms in total. The van der Waals surface area contributed by atoms with Crippen molar-refractivity contribution < 1.29 is 19.2 Å². The molecule has 0 amide bonds. The highest BCUT2D eigenvalue weighted by atomic mass is 16.7. The van der Waals surface area contributed by atoms with Crippen LogP contribution in [0.4, 0.5) is 10.5 Å². The van der Waals surface area contributed by atoms with Crippen molar-refractivity contribution in [3.8, 4) is 5.75 Å². The summed E-state index contributed by atoms with van der Waals surface area (Å²) in [5, 5.41) is 10.5. The minimum Gasteiger partial charge on any atom is -0.431 e. The summed E-state index contributed by atoms with van der Waals surface area (Å²) >= 11 is 0. The van der Waals surface area contributed by atoms with Gasteiger partial charge in [-0.05, 0) is 31.4 Å². The Morgan fingerprint density at radius 1 is 1.24 bits per heavy atom. The van der Waals surface area contributed by atoms with Gasteiger partial charge in [0, 0.05) is 12.1 Å². The molecule has 0 bridgehead atoms. The van der Waals surface area contributed by atoms with Crippen LogP contribution in [-0.4, -0.2) is 17.2 Å². The average Bonchev–Trinajstić information content (AvgIpc) is 2.47. The SMILES string of the molecule is CCCCCC(CC)OC(=O)Oc1ccc([N+](=O)[O-])cc1. The molecule has 21 heavy (non-hydrogen) atoms. The fourth-order valence-electron chi connectivity index (χ4n) is 1.86. The van der Waals surface area contributed by atoms with Gasteiger partial charge in [-0.3, -0.25) is 10.1 Å². The van der Waals surface area contributed by atoms with Crippen LogP contribution in [0.1, 0.15) is 46.0 Å². The van der Waals surface area contributed by atoms with Crippen molar-refractivity contribution in [3.63, 3.8) is 0 Å². The predicted molar refractivity (Wildman–Crippen MR) is 78.4 cm³/mol. The lowest BCUT2D eigenvalue weighted by atomic mass is 10.1. The Hall–Kier alpha value is -2.11. The Morgan fingerprint density at radius 3 is 2.43 bits per heavy atom. The Kier molecular flexibility index (Phi) is 7.21. The van der Waals surface area contributed by atoms with Crippen LogP contribution < -0.4 is 4.74 Å². The van der Waals surface area contributed by atoms with Gasteiger partial charge in [0.2, 0.25) is 0 Å². The lowest BCUT2D eigenvalue weighted by Gasteiger charge is -2.15. The molecule has 0 fully saturated rings. The van der Waals surface area contributed by atoms with Crippen LogP contribution in [0.25, 0.3) is 0 Å². The number of ether oxygens (including phenoxy) is 2. The molecular weight excluding hydrogens is 274 g/mol. The Balaban J connectivity index is 2.46. The first-order valence-electron chi connectivity index (χ1n) is 7.19. The van der Waals surface area contributed by atoms with Crippen LogP contribution in [0, 0.1) is 10.1 Å². The molecule has 1 rings (SSSR count). The largest absolute Gasteiger partial charge is 0.514 e. The molecule has 116 valence electrons. The van der Waals surface area contributed by atoms with Crippen LogP contribution in [0.2, 0.25) is 0 Å². The monoisotopic (exact) mass is 295 g/mol. The topological polar surface area (TPSA) is 78.7 Å². The summed E-state index contributed by atoms with van der Waals surface area (Å²) in [6, 6.07) is 5.30. The molecule has 0 saturated heterocycles. The van der Waals surface area contributed by atoms with E-state index in [2.05, 4.69) is 6.92 Å². The van der Waals surface area contributed by atoms with Crippen LogP contribution in [0.15, 0.2) is 24.3 Å². The molecule has 0 radical (unpaired) electrons. The zero-order chi connectivity index (χ0) is 15.7. The number of nitrogens with zero attached hydrogens (tertiary/aromatic N) is 1. The zero-order valence-electron chi connectivity index (χ0n) is 12.4. The van der Waals surface area contributed by atoms with Gasteiger partial charge in [0.1, 0.15) is 11.9 Å². The van der Waals surface area contributed by atoms with Crippen molar-refractivity contribution in [3.05, 3.63) is 34.4 Å². The molecule has 1 aromatic rings. The molecule has 6 heteroatoms. The van der Waals surface area contributed by atoms with Crippen molar-refractivity contribution in [1.29, 1.82) is 0 Å². The lowest BCUT2D eigenvalue weighted by Crippen LogP contribution is -2.20. The van der Waals surface area contributed by atoms with E-state index in [0.29, 0.717) is 0 Å². The molecule has 0 heterocycles. The van der Waals surface area contributed by atoms with Crippen molar-refractivity contribution in [2.45, 2.75) is 52.1 Å². The summed E-state index contributed by atoms with van der Waals surface area (Å²) in [6.07, 6.45) is 3.87. The summed E-state index contributed by atoms with van der Waals surface area (Å²) in [5.74, 6) is 0.231. The van der Waals surface area contributed by atoms with Gasteiger partial charge < -0.3 is 9.47 Å². The molecule has 0 aromatic heterocycles. The number of carbonyl (C=O) groups excluding carboxylic acids is 1. The highest BCUT2D eigenvalue weighted by Gasteiger charge is 2.15. The molecule has 1 unspecified atom stereocenters. The van der Waals surface area contributed by atoms with E-state index in [4.69, 9.17) is 9.47 Å². The normalized spacial score (nSPS) is 11.7. The number of unbranched alkanes of at least 4 members (excludes halogenated alkanes) is 2. The van der Waals surface area contributed by atoms with Crippen molar-refractivity contribution in [1.82, 2.24) is 0 Å². The number of nitro benzene ring substituents is 1. The molecule has 0 aliphatic heterocycles. The minimum atomic E-state index is -0.771. The van der Waals surface area contributed by atoms with Crippen molar-refractivity contribution >= 4 is 11.8 Å². The molecule has 0 N–H and O–H groups in total. The fraction of sp³-hybridized carbons (Fsp3) is 0.533. The summed E-state index contributed by atoms with van der Waals surface area (Å²) in [6.45, 7) is 4.07. The van der Waals surface area contributed by atoms with E-state index < -0.39 is 11.1 Å². The number of carbonyl (C=O) groups is 1. The van der Waals surface area contributed by atoms with Gasteiger partial charge in [-0.2, -0.15) is 0 Å². The van der Waals surface area contributed by atoms with Gasteiger partial charge in [0.05, 0.1) is 4.92 Å². The van der Waals surface area contributed by atoms with Crippen LogP contribution in [0.3, 0.4) is 0 Å². The third kappa shape index (κ3) is 6.25. The standard InChI is InChI=1S/C15H21NO5/c1-3-5-6-7-13(4-2)20-15(17)21-14-10-8-12(9-11-14)16(18)19/h8-11,13H,3-7H2,1-2H3. The van der Waals surface area contributed by atoms with Gasteiger partial charge in [-0.25, -0.2) is 4.79 Å². The third-order valence-corrected chi connectivity index (χ3v) is 3.10. The second-order valence-corrected chi connectivity index (χ2v) is 4.75. The van der Waals surface area contributed by atoms with Gasteiger partial charge in [-0.15, -0.1) is 0 Å². The first kappa shape index (κ1) is 16.9. The summed E-state index contributed by atoms with van der Waals surface area (Å²) in [5.41, 5.74) is -0.0540. The Bertz CT molecular complexity index is 458. The number of benzene rings is 1. The summed E-state index contributed by atoms with van der Waals surface area (Å²) in [4.78, 5) is 21.7. The van der Waals surface area contributed by atoms with E-state index in [1.54, 1.807) is 0 Å². The Morgan fingerprint density at radius 2 is 1.90 bits per heavy atom. The maximum atomic E-state index is 11.7. The second kappa shape index (κ2) is 8.94. The van der Waals surface area contributed by atoms with Crippen molar-refractivity contribution in [2.24, 2.45) is 0 Å². The van der Waals surface area contributed by atoms with Gasteiger partial charge in [-0.1, -0.05) is 26.7 Å². The quantitative estimate of drug-likeness (QED) is 0.232. The van der Waals surface area contributed by atoms with Gasteiger partial charge in [0.25, 0.3) is 5.69 Å². The average molecular weight is 295 g/mol. The van der Waals surface area contributed by atoms with E-state index >= 15 is 0 Å². The van der Waals surface area contributed by atoms with Crippen LogP contribution in [-0.2, 0) is 4.74 Å². The number of hydrogen-bond donors (Lipinski definition) is 0. The number of nitro groups is 1. The molecule has 0 spiro atoms. The molecule has 1 atom stereocenters. The second-order valence-electron chi connectivity index (χ2n) is 4.75. The highest BCUT2D eigenvalue weighted by Crippen LogP contribution is 2.18. The first-order valence-corrected chi connectivity index (χ1v) is 7.19. The smallest absolute Gasteiger partial charge is 0.431 e. The third-order valence-electron chi connectivity index (χ3n) is 3.10. The maximum absolute atomic E-state index is 11.7. The van der Waals surface area contributed by atoms with E-state index in [0.717, 1.165) is 32.1 Å². The summed E-state index contributed by atoms with van der Waals surface area (Å²) < 4.78 is 10.2. The Labute approximate surface area is 124 Å². The summed E-state index contributed by atoms with van der Waals surface area (Å²) in [7, 11) is 0. The van der Waals surface area contributed by atoms with Gasteiger partial charge in [0.15, 0.2) is 0 Å². The number of hydrogen-bond acceptors (Lipinski definition) is 5. The van der Waals surface area contributed by atoms with E-state index in [-0.39, 0.29) is 17.5 Å². The minimum absolute atomic E-state index is 0.0540.